The van der Waals surface area contributed by atoms with Gasteiger partial charge >= 0.3 is 0 Å². The van der Waals surface area contributed by atoms with Gasteiger partial charge in [-0.1, -0.05) is 11.8 Å². The van der Waals surface area contributed by atoms with Crippen molar-refractivity contribution in [3.63, 3.8) is 0 Å². The van der Waals surface area contributed by atoms with E-state index in [2.05, 4.69) is 5.32 Å². The van der Waals surface area contributed by atoms with Crippen LogP contribution in [0.5, 0.6) is 0 Å². The third kappa shape index (κ3) is 4.67. The summed E-state index contributed by atoms with van der Waals surface area (Å²) >= 11 is 1.47. The molecule has 1 aliphatic heterocycles. The molecule has 11 heavy (non-hydrogen) atoms. The van der Waals surface area contributed by atoms with E-state index >= 15 is 0 Å². The first-order valence-corrected chi connectivity index (χ1v) is 4.55. The summed E-state index contributed by atoms with van der Waals surface area (Å²) in [5.41, 5.74) is 0. The average Bonchev–Trinajstić information content (AvgIpc) is 1.88. The number of rotatable bonds is 1. The topological polar surface area (TPSA) is 29.1 Å². The molecule has 0 spiro atoms. The Kier molecular flexibility index (Phi) is 6.01. The first kappa shape index (κ1) is 11.3. The van der Waals surface area contributed by atoms with Crippen molar-refractivity contribution in [2.45, 2.75) is 25.0 Å². The molecule has 0 bridgehead atoms. The van der Waals surface area contributed by atoms with Crippen LogP contribution in [0.4, 0.5) is 0 Å². The Morgan fingerprint density at radius 2 is 2.36 bits per heavy atom. The van der Waals surface area contributed by atoms with E-state index < -0.39 is 0 Å². The molecule has 0 amide bonds. The predicted octanol–water partition coefficient (Wildman–Crippen LogP) is 1.44. The summed E-state index contributed by atoms with van der Waals surface area (Å²) in [5.74, 6) is 0. The van der Waals surface area contributed by atoms with Gasteiger partial charge in [-0.3, -0.25) is 4.79 Å². The Labute approximate surface area is 77.9 Å². The minimum Gasteiger partial charge on any atom is -0.316 e. The van der Waals surface area contributed by atoms with Crippen molar-refractivity contribution in [3.8, 4) is 0 Å². The molecule has 1 rings (SSSR count). The highest BCUT2D eigenvalue weighted by Crippen LogP contribution is 2.18. The second-order valence-electron chi connectivity index (χ2n) is 2.58. The van der Waals surface area contributed by atoms with Gasteiger partial charge in [0, 0.05) is 18.7 Å². The molecular weight excluding hydrogens is 182 g/mol. The van der Waals surface area contributed by atoms with Crippen molar-refractivity contribution in [2.24, 2.45) is 0 Å². The monoisotopic (exact) mass is 195 g/mol. The number of thioether (sulfide) groups is 1. The maximum Gasteiger partial charge on any atom is 0.186 e. The molecule has 1 saturated heterocycles. The molecule has 0 aromatic carbocycles. The van der Waals surface area contributed by atoms with Crippen LogP contribution < -0.4 is 5.32 Å². The molecule has 0 aromatic heterocycles. The summed E-state index contributed by atoms with van der Waals surface area (Å²) in [6.45, 7) is 3.76. The van der Waals surface area contributed by atoms with E-state index in [1.165, 1.54) is 24.6 Å². The third-order valence-corrected chi connectivity index (χ3v) is 2.65. The fourth-order valence-corrected chi connectivity index (χ4v) is 2.11. The van der Waals surface area contributed by atoms with Crippen LogP contribution in [0.15, 0.2) is 0 Å². The summed E-state index contributed by atoms with van der Waals surface area (Å²) in [4.78, 5) is 10.6. The van der Waals surface area contributed by atoms with E-state index in [1.54, 1.807) is 6.92 Å². The van der Waals surface area contributed by atoms with Gasteiger partial charge in [0.2, 0.25) is 0 Å². The van der Waals surface area contributed by atoms with Gasteiger partial charge in [0.05, 0.1) is 0 Å². The molecule has 0 aliphatic carbocycles. The summed E-state index contributed by atoms with van der Waals surface area (Å²) in [6.07, 6.45) is 2.40. The Balaban J connectivity index is 0.000001000. The smallest absolute Gasteiger partial charge is 0.186 e. The molecular formula is C7H14ClNOS. The molecule has 0 unspecified atom stereocenters. The molecule has 0 aromatic rings. The SMILES string of the molecule is CC(=O)S[C@@H]1CCCNC1.Cl. The van der Waals surface area contributed by atoms with Gasteiger partial charge in [0.15, 0.2) is 5.12 Å². The van der Waals surface area contributed by atoms with Crippen LogP contribution in [0.1, 0.15) is 19.8 Å². The minimum atomic E-state index is 0. The first-order chi connectivity index (χ1) is 4.79. The van der Waals surface area contributed by atoms with Gasteiger partial charge in [-0.05, 0) is 19.4 Å². The molecule has 66 valence electrons. The number of hydrogen-bond donors (Lipinski definition) is 1. The van der Waals surface area contributed by atoms with Crippen LogP contribution in [0.25, 0.3) is 0 Å². The number of hydrogen-bond acceptors (Lipinski definition) is 3. The predicted molar refractivity (Wildman–Crippen MR) is 51.4 cm³/mol. The van der Waals surface area contributed by atoms with E-state index in [0.717, 1.165) is 13.1 Å². The van der Waals surface area contributed by atoms with Crippen molar-refractivity contribution in [3.05, 3.63) is 0 Å². The summed E-state index contributed by atoms with van der Waals surface area (Å²) < 4.78 is 0. The standard InChI is InChI=1S/C7H13NOS.ClH/c1-6(9)10-7-3-2-4-8-5-7;/h7-8H,2-5H2,1H3;1H/t7-;/m1./s1. The second-order valence-corrected chi connectivity index (χ2v) is 4.06. The quantitative estimate of drug-likeness (QED) is 0.687. The van der Waals surface area contributed by atoms with Crippen LogP contribution in [0.3, 0.4) is 0 Å². The normalized spacial score (nSPS) is 23.9. The number of carbonyl (C=O) groups is 1. The minimum absolute atomic E-state index is 0. The lowest BCUT2D eigenvalue weighted by Gasteiger charge is -2.20. The van der Waals surface area contributed by atoms with E-state index in [1.807, 2.05) is 0 Å². The zero-order valence-electron chi connectivity index (χ0n) is 6.63. The van der Waals surface area contributed by atoms with E-state index in [0.29, 0.717) is 5.25 Å². The third-order valence-electron chi connectivity index (χ3n) is 1.58. The molecule has 1 fully saturated rings. The van der Waals surface area contributed by atoms with Crippen molar-refractivity contribution in [2.75, 3.05) is 13.1 Å². The van der Waals surface area contributed by atoms with Gasteiger partial charge in [-0.15, -0.1) is 12.4 Å². The van der Waals surface area contributed by atoms with Crippen LogP contribution >= 0.6 is 24.2 Å². The zero-order chi connectivity index (χ0) is 7.40. The average molecular weight is 196 g/mol. The zero-order valence-corrected chi connectivity index (χ0v) is 8.26. The van der Waals surface area contributed by atoms with Crippen molar-refractivity contribution in [1.82, 2.24) is 5.32 Å². The fraction of sp³-hybridized carbons (Fsp3) is 0.857. The first-order valence-electron chi connectivity index (χ1n) is 3.67. The van der Waals surface area contributed by atoms with Crippen LogP contribution in [-0.4, -0.2) is 23.5 Å². The molecule has 0 radical (unpaired) electrons. The molecule has 1 atom stereocenters. The van der Waals surface area contributed by atoms with Crippen molar-refractivity contribution in [1.29, 1.82) is 0 Å². The lowest BCUT2D eigenvalue weighted by atomic mass is 10.2. The summed E-state index contributed by atoms with van der Waals surface area (Å²) in [6, 6.07) is 0. The highest BCUT2D eigenvalue weighted by atomic mass is 35.5. The van der Waals surface area contributed by atoms with Gasteiger partial charge in [0.25, 0.3) is 0 Å². The molecule has 1 N–H and O–H groups in total. The van der Waals surface area contributed by atoms with Crippen molar-refractivity contribution < 1.29 is 4.79 Å². The molecule has 4 heteroatoms. The second kappa shape index (κ2) is 5.86. The maximum absolute atomic E-state index is 10.6. The van der Waals surface area contributed by atoms with Gasteiger partial charge in [0.1, 0.15) is 0 Å². The van der Waals surface area contributed by atoms with Gasteiger partial charge in [-0.25, -0.2) is 0 Å². The number of halogens is 1. The molecule has 2 nitrogen and oxygen atoms in total. The Morgan fingerprint density at radius 3 is 2.82 bits per heavy atom. The van der Waals surface area contributed by atoms with E-state index in [9.17, 15) is 4.79 Å². The Hall–Kier alpha value is 0.270. The Bertz CT molecular complexity index is 126. The largest absolute Gasteiger partial charge is 0.316 e. The lowest BCUT2D eigenvalue weighted by molar-refractivity contribution is -0.109. The van der Waals surface area contributed by atoms with Crippen LogP contribution in [0.2, 0.25) is 0 Å². The lowest BCUT2D eigenvalue weighted by Crippen LogP contribution is -2.32. The van der Waals surface area contributed by atoms with Gasteiger partial charge < -0.3 is 5.32 Å². The highest BCUT2D eigenvalue weighted by molar-refractivity contribution is 8.14. The van der Waals surface area contributed by atoms with Crippen LogP contribution in [0, 0.1) is 0 Å². The van der Waals surface area contributed by atoms with Gasteiger partial charge in [-0.2, -0.15) is 0 Å². The van der Waals surface area contributed by atoms with E-state index in [-0.39, 0.29) is 17.5 Å². The number of carbonyl (C=O) groups excluding carboxylic acids is 1. The molecule has 1 heterocycles. The van der Waals surface area contributed by atoms with Crippen LogP contribution in [-0.2, 0) is 4.79 Å². The maximum atomic E-state index is 10.6. The van der Waals surface area contributed by atoms with E-state index in [4.69, 9.17) is 0 Å². The Morgan fingerprint density at radius 1 is 1.64 bits per heavy atom. The summed E-state index contributed by atoms with van der Waals surface area (Å²) in [5, 5.41) is 4.04. The summed E-state index contributed by atoms with van der Waals surface area (Å²) in [7, 11) is 0. The highest BCUT2D eigenvalue weighted by Gasteiger charge is 2.14. The molecule has 0 saturated carbocycles. The number of nitrogens with one attached hydrogen (secondary N) is 1. The molecule has 1 aliphatic rings. The number of piperidine rings is 1. The van der Waals surface area contributed by atoms with Crippen molar-refractivity contribution >= 4 is 29.3 Å². The fourth-order valence-electron chi connectivity index (χ4n) is 1.16.